The Morgan fingerprint density at radius 3 is 2.44 bits per heavy atom. The van der Waals surface area contributed by atoms with Crippen LogP contribution in [-0.4, -0.2) is 24.6 Å². The molecule has 25 heavy (non-hydrogen) atoms. The van der Waals surface area contributed by atoms with E-state index in [2.05, 4.69) is 5.32 Å². The van der Waals surface area contributed by atoms with Gasteiger partial charge in [-0.2, -0.15) is 0 Å². The molecule has 6 heteroatoms. The summed E-state index contributed by atoms with van der Waals surface area (Å²) >= 11 is 6.03. The Balaban J connectivity index is 1.95. The van der Waals surface area contributed by atoms with E-state index in [1.54, 1.807) is 42.5 Å². The fourth-order valence-corrected chi connectivity index (χ4v) is 2.23. The molecule has 0 aromatic heterocycles. The lowest BCUT2D eigenvalue weighted by Gasteiger charge is -2.14. The molecule has 0 spiro atoms. The third-order valence-electron chi connectivity index (χ3n) is 3.49. The molecule has 0 bridgehead atoms. The van der Waals surface area contributed by atoms with Crippen LogP contribution < -0.4 is 10.1 Å². The van der Waals surface area contributed by atoms with Crippen molar-refractivity contribution in [3.63, 3.8) is 0 Å². The highest BCUT2D eigenvalue weighted by Gasteiger charge is 2.19. The zero-order valence-corrected chi connectivity index (χ0v) is 15.1. The van der Waals surface area contributed by atoms with E-state index in [0.717, 1.165) is 5.56 Å². The fourth-order valence-electron chi connectivity index (χ4n) is 2.05. The van der Waals surface area contributed by atoms with Crippen molar-refractivity contribution < 1.29 is 19.1 Å². The van der Waals surface area contributed by atoms with Gasteiger partial charge in [0.1, 0.15) is 5.75 Å². The van der Waals surface area contributed by atoms with Crippen LogP contribution in [0.25, 0.3) is 0 Å². The number of halogens is 1. The van der Waals surface area contributed by atoms with E-state index in [9.17, 15) is 9.59 Å². The van der Waals surface area contributed by atoms with Gasteiger partial charge in [0.05, 0.1) is 12.2 Å². The van der Waals surface area contributed by atoms with Gasteiger partial charge in [0.25, 0.3) is 5.91 Å². The molecular weight excluding hydrogens is 342 g/mol. The van der Waals surface area contributed by atoms with E-state index in [-0.39, 0.29) is 0 Å². The van der Waals surface area contributed by atoms with E-state index >= 15 is 0 Å². The maximum Gasteiger partial charge on any atom is 0.338 e. The van der Waals surface area contributed by atoms with Crippen molar-refractivity contribution in [1.29, 1.82) is 0 Å². The minimum Gasteiger partial charge on any atom is -0.494 e. The van der Waals surface area contributed by atoms with Crippen molar-refractivity contribution in [2.24, 2.45) is 0 Å². The van der Waals surface area contributed by atoms with E-state index in [1.807, 2.05) is 13.8 Å². The van der Waals surface area contributed by atoms with Crippen LogP contribution in [0.3, 0.4) is 0 Å². The zero-order valence-electron chi connectivity index (χ0n) is 14.3. The molecule has 0 radical (unpaired) electrons. The Hall–Kier alpha value is -2.53. The summed E-state index contributed by atoms with van der Waals surface area (Å²) in [6.45, 7) is 5.81. The molecule has 1 amide bonds. The van der Waals surface area contributed by atoms with Gasteiger partial charge in [0, 0.05) is 10.7 Å². The van der Waals surface area contributed by atoms with Gasteiger partial charge in [0.2, 0.25) is 0 Å². The maximum absolute atomic E-state index is 12.2. The molecule has 0 saturated heterocycles. The van der Waals surface area contributed by atoms with Gasteiger partial charge in [-0.05, 0) is 62.7 Å². The summed E-state index contributed by atoms with van der Waals surface area (Å²) in [6.07, 6.45) is -0.945. The van der Waals surface area contributed by atoms with E-state index in [1.165, 1.54) is 6.92 Å². The van der Waals surface area contributed by atoms with Crippen LogP contribution in [0.4, 0.5) is 5.69 Å². The van der Waals surface area contributed by atoms with Crippen molar-refractivity contribution >= 4 is 29.2 Å². The molecule has 0 aliphatic carbocycles. The number of amides is 1. The number of hydrogen-bond donors (Lipinski definition) is 1. The van der Waals surface area contributed by atoms with Gasteiger partial charge in [-0.15, -0.1) is 0 Å². The summed E-state index contributed by atoms with van der Waals surface area (Å²) in [5, 5.41) is 3.22. The predicted molar refractivity (Wildman–Crippen MR) is 97.3 cm³/mol. The number of carbonyl (C=O) groups is 2. The SMILES string of the molecule is CCOc1ccc(C(=O)O[C@H](C)C(=O)Nc2ccc(C)c(Cl)c2)cc1. The number of nitrogens with one attached hydrogen (secondary N) is 1. The molecule has 1 N–H and O–H groups in total. The summed E-state index contributed by atoms with van der Waals surface area (Å²) in [4.78, 5) is 24.3. The molecule has 0 aliphatic heterocycles. The second-order valence-corrected chi connectivity index (χ2v) is 5.87. The normalized spacial score (nSPS) is 11.5. The Kier molecular flexibility index (Phi) is 6.42. The highest BCUT2D eigenvalue weighted by molar-refractivity contribution is 6.31. The van der Waals surface area contributed by atoms with Gasteiger partial charge in [-0.25, -0.2) is 4.79 Å². The van der Waals surface area contributed by atoms with Gasteiger partial charge in [-0.3, -0.25) is 4.79 Å². The number of benzene rings is 2. The Bertz CT molecular complexity index is 759. The second kappa shape index (κ2) is 8.53. The van der Waals surface area contributed by atoms with Gasteiger partial charge < -0.3 is 14.8 Å². The fraction of sp³-hybridized carbons (Fsp3) is 0.263. The van der Waals surface area contributed by atoms with Crippen LogP contribution in [0.5, 0.6) is 5.75 Å². The average Bonchev–Trinajstić information content (AvgIpc) is 2.59. The molecular formula is C19H20ClNO4. The highest BCUT2D eigenvalue weighted by atomic mass is 35.5. The maximum atomic E-state index is 12.2. The summed E-state index contributed by atoms with van der Waals surface area (Å²) in [7, 11) is 0. The number of rotatable bonds is 6. The summed E-state index contributed by atoms with van der Waals surface area (Å²) in [5.41, 5.74) is 1.81. The van der Waals surface area contributed by atoms with Gasteiger partial charge >= 0.3 is 5.97 Å². The molecule has 0 saturated carbocycles. The van der Waals surface area contributed by atoms with E-state index in [4.69, 9.17) is 21.1 Å². The first-order chi connectivity index (χ1) is 11.9. The van der Waals surface area contributed by atoms with Gasteiger partial charge in [-0.1, -0.05) is 17.7 Å². The molecule has 2 rings (SSSR count). The number of carbonyl (C=O) groups excluding carboxylic acids is 2. The van der Waals surface area contributed by atoms with Gasteiger partial charge in [0.15, 0.2) is 6.10 Å². The molecule has 0 aliphatic rings. The number of aryl methyl sites for hydroxylation is 1. The molecule has 5 nitrogen and oxygen atoms in total. The van der Waals surface area contributed by atoms with Crippen molar-refractivity contribution in [2.45, 2.75) is 26.9 Å². The third-order valence-corrected chi connectivity index (χ3v) is 3.90. The third kappa shape index (κ3) is 5.22. The minimum atomic E-state index is -0.945. The lowest BCUT2D eigenvalue weighted by molar-refractivity contribution is -0.123. The van der Waals surface area contributed by atoms with Crippen LogP contribution in [0.2, 0.25) is 5.02 Å². The quantitative estimate of drug-likeness (QED) is 0.782. The number of hydrogen-bond acceptors (Lipinski definition) is 4. The van der Waals surface area contributed by atoms with Crippen molar-refractivity contribution in [3.8, 4) is 5.75 Å². The van der Waals surface area contributed by atoms with Crippen LogP contribution in [0, 0.1) is 6.92 Å². The first-order valence-electron chi connectivity index (χ1n) is 7.91. The lowest BCUT2D eigenvalue weighted by atomic mass is 10.2. The summed E-state index contributed by atoms with van der Waals surface area (Å²) in [6, 6.07) is 11.7. The Morgan fingerprint density at radius 1 is 1.16 bits per heavy atom. The average molecular weight is 362 g/mol. The lowest BCUT2D eigenvalue weighted by Crippen LogP contribution is -2.30. The van der Waals surface area contributed by atoms with Crippen LogP contribution in [-0.2, 0) is 9.53 Å². The van der Waals surface area contributed by atoms with Crippen LogP contribution in [0.1, 0.15) is 29.8 Å². The minimum absolute atomic E-state index is 0.349. The van der Waals surface area contributed by atoms with E-state index in [0.29, 0.717) is 28.6 Å². The molecule has 1 atom stereocenters. The molecule has 0 heterocycles. The first-order valence-corrected chi connectivity index (χ1v) is 8.29. The first kappa shape index (κ1) is 18.8. The molecule has 2 aromatic rings. The largest absolute Gasteiger partial charge is 0.494 e. The summed E-state index contributed by atoms with van der Waals surface area (Å²) in [5.74, 6) is -0.340. The Labute approximate surface area is 151 Å². The van der Waals surface area contributed by atoms with Crippen LogP contribution >= 0.6 is 11.6 Å². The zero-order chi connectivity index (χ0) is 18.4. The standard InChI is InChI=1S/C19H20ClNO4/c1-4-24-16-9-6-14(7-10-16)19(23)25-13(3)18(22)21-15-8-5-12(2)17(20)11-15/h5-11,13H,4H2,1-3H3,(H,21,22)/t13-/m1/s1. The number of ether oxygens (including phenoxy) is 2. The summed E-state index contributed by atoms with van der Waals surface area (Å²) < 4.78 is 10.5. The van der Waals surface area contributed by atoms with Crippen LogP contribution in [0.15, 0.2) is 42.5 Å². The smallest absolute Gasteiger partial charge is 0.338 e. The molecule has 2 aromatic carbocycles. The second-order valence-electron chi connectivity index (χ2n) is 5.46. The molecule has 0 unspecified atom stereocenters. The van der Waals surface area contributed by atoms with Crippen molar-refractivity contribution in [2.75, 3.05) is 11.9 Å². The van der Waals surface area contributed by atoms with Crippen molar-refractivity contribution in [3.05, 3.63) is 58.6 Å². The van der Waals surface area contributed by atoms with E-state index < -0.39 is 18.0 Å². The van der Waals surface area contributed by atoms with Crippen molar-refractivity contribution in [1.82, 2.24) is 0 Å². The number of esters is 1. The molecule has 0 fully saturated rings. The highest BCUT2D eigenvalue weighted by Crippen LogP contribution is 2.20. The number of anilines is 1. The molecule has 132 valence electrons. The topological polar surface area (TPSA) is 64.6 Å². The monoisotopic (exact) mass is 361 g/mol. The predicted octanol–water partition coefficient (Wildman–Crippen LogP) is 4.23. The Morgan fingerprint density at radius 2 is 1.84 bits per heavy atom.